The standard InChI is InChI=1S/C45H65N3O6Si2.C18H25N3O4.CH4O/c1-13-51-41(49)40-47-39(33-48(40)29-31-52-55(11,12)44(5,6)7)35-26-24-34(25-27-35)32-36(46-42(50)54-43(2,3)4)28-30-53-56(45(8,9)10,37-20-16-14-17-21-37)38-22-18-15-19-23-38;1-2-25-18(24)17-20-16(12-21(17)8-10-23)14-5-3-13(4-6-14)11-15(19)7-9-22;1-2/h14-27,33,36H,13,28-32H2,1-12H3,(H,46,50);3-6,12,15,22-23H,2,7-11,19H2,1H3;2H,1H3/t36-;;/m1../s1. The van der Waals surface area contributed by atoms with Crippen molar-refractivity contribution < 1.29 is 52.8 Å². The Hall–Kier alpha value is -6.30. The highest BCUT2D eigenvalue weighted by Gasteiger charge is 2.50. The van der Waals surface area contributed by atoms with Crippen molar-refractivity contribution in [2.75, 3.05) is 46.8 Å². The van der Waals surface area contributed by atoms with Crippen LogP contribution in [0.4, 0.5) is 4.79 Å². The van der Waals surface area contributed by atoms with Crippen LogP contribution in [0.2, 0.25) is 23.2 Å². The second-order valence-corrected chi connectivity index (χ2v) is 32.9. The van der Waals surface area contributed by atoms with Gasteiger partial charge in [-0.15, -0.1) is 0 Å². The van der Waals surface area contributed by atoms with Gasteiger partial charge in [-0.05, 0) is 105 Å². The van der Waals surface area contributed by atoms with E-state index in [1.807, 2.05) is 92.2 Å². The number of amides is 1. The number of carbonyl (C=O) groups excluding carboxylic acids is 3. The van der Waals surface area contributed by atoms with Crippen molar-refractivity contribution in [3.63, 3.8) is 0 Å². The first-order valence-corrected chi connectivity index (χ1v) is 33.5. The number of benzene rings is 4. The SMILES string of the molecule is CCOC(=O)c1nc(-c2ccc(CC(N)CCO)cc2)cn1CCO.CCOC(=O)c1nc(-c2ccc(C[C@@H](CCO[Si](c3ccccc3)(c3ccccc3)C(C)(C)C)NC(=O)OC(C)(C)C)cc2)cn1CCO[Si](C)(C)C(C)(C)C.CO. The minimum absolute atomic E-state index is 0.0740. The quantitative estimate of drug-likeness (QED) is 0.0204. The molecule has 0 aliphatic rings. The molecule has 454 valence electrons. The molecule has 1 unspecified atom stereocenters. The molecule has 6 rings (SSSR count). The largest absolute Gasteiger partial charge is 0.460 e. The van der Waals surface area contributed by atoms with E-state index in [2.05, 4.69) is 113 Å². The van der Waals surface area contributed by atoms with Crippen molar-refractivity contribution in [2.45, 2.75) is 156 Å². The maximum Gasteiger partial charge on any atom is 0.407 e. The van der Waals surface area contributed by atoms with Gasteiger partial charge in [-0.25, -0.2) is 24.4 Å². The summed E-state index contributed by atoms with van der Waals surface area (Å²) in [6, 6.07) is 36.7. The van der Waals surface area contributed by atoms with Crippen molar-refractivity contribution in [1.82, 2.24) is 24.4 Å². The van der Waals surface area contributed by atoms with Crippen LogP contribution in [-0.2, 0) is 49.0 Å². The molecule has 19 heteroatoms. The predicted octanol–water partition coefficient (Wildman–Crippen LogP) is 9.73. The maximum atomic E-state index is 13.2. The highest BCUT2D eigenvalue weighted by atomic mass is 28.4. The summed E-state index contributed by atoms with van der Waals surface area (Å²) in [5, 5.41) is 30.6. The van der Waals surface area contributed by atoms with Crippen LogP contribution in [-0.4, -0.2) is 134 Å². The van der Waals surface area contributed by atoms with Gasteiger partial charge in [0.25, 0.3) is 8.32 Å². The molecule has 6 aromatic rings. The Kier molecular flexibility index (Phi) is 26.8. The Bertz CT molecular complexity index is 2860. The average molecular weight is 1180 g/mol. The first-order valence-electron chi connectivity index (χ1n) is 28.7. The third kappa shape index (κ3) is 20.2. The molecule has 6 N–H and O–H groups in total. The summed E-state index contributed by atoms with van der Waals surface area (Å²) in [5.74, 6) is -0.528. The number of nitrogens with one attached hydrogen (secondary N) is 1. The highest BCUT2D eigenvalue weighted by Crippen LogP contribution is 2.38. The summed E-state index contributed by atoms with van der Waals surface area (Å²) >= 11 is 0. The number of hydrogen-bond acceptors (Lipinski definition) is 14. The lowest BCUT2D eigenvalue weighted by molar-refractivity contribution is 0.0488. The van der Waals surface area contributed by atoms with E-state index in [1.54, 1.807) is 24.6 Å². The smallest absolute Gasteiger partial charge is 0.407 e. The Labute approximate surface area is 495 Å². The number of aliphatic hydroxyl groups excluding tert-OH is 3. The van der Waals surface area contributed by atoms with E-state index in [0.717, 1.165) is 29.4 Å². The van der Waals surface area contributed by atoms with E-state index < -0.39 is 40.3 Å². The van der Waals surface area contributed by atoms with Crippen LogP contribution >= 0.6 is 0 Å². The lowest BCUT2D eigenvalue weighted by Crippen LogP contribution is -2.66. The summed E-state index contributed by atoms with van der Waals surface area (Å²) in [6.45, 7) is 29.2. The zero-order chi connectivity index (χ0) is 61.6. The lowest BCUT2D eigenvalue weighted by atomic mass is 10.0. The molecule has 0 aliphatic heterocycles. The molecule has 0 bridgehead atoms. The summed E-state index contributed by atoms with van der Waals surface area (Å²) in [4.78, 5) is 47.2. The second kappa shape index (κ2) is 32.1. The number of aromatic nitrogens is 4. The zero-order valence-electron chi connectivity index (χ0n) is 51.7. The minimum atomic E-state index is -2.77. The third-order valence-corrected chi connectivity index (χ3v) is 23.9. The van der Waals surface area contributed by atoms with E-state index in [1.165, 1.54) is 10.4 Å². The van der Waals surface area contributed by atoms with Crippen molar-refractivity contribution in [2.24, 2.45) is 5.73 Å². The van der Waals surface area contributed by atoms with Gasteiger partial charge in [0.15, 0.2) is 8.32 Å². The molecular weight excluding hydrogens is 1080 g/mol. The molecule has 0 spiro atoms. The van der Waals surface area contributed by atoms with Gasteiger partial charge in [0.05, 0.1) is 37.8 Å². The number of imidazole rings is 2. The molecule has 0 saturated carbocycles. The Morgan fingerprint density at radius 3 is 1.47 bits per heavy atom. The van der Waals surface area contributed by atoms with Crippen molar-refractivity contribution >= 4 is 45.0 Å². The number of nitrogens with two attached hydrogens (primary N) is 1. The Morgan fingerprint density at radius 1 is 0.602 bits per heavy atom. The molecule has 2 heterocycles. The zero-order valence-corrected chi connectivity index (χ0v) is 53.7. The number of ether oxygens (including phenoxy) is 3. The third-order valence-electron chi connectivity index (χ3n) is 14.3. The van der Waals surface area contributed by atoms with Crippen LogP contribution in [0, 0.1) is 0 Å². The first-order chi connectivity index (χ1) is 39.2. The normalized spacial score (nSPS) is 12.7. The maximum absolute atomic E-state index is 13.2. The Morgan fingerprint density at radius 2 is 1.06 bits per heavy atom. The van der Waals surface area contributed by atoms with Gasteiger partial charge in [0, 0.05) is 69.0 Å². The molecule has 4 aromatic carbocycles. The van der Waals surface area contributed by atoms with Crippen LogP contribution in [0.15, 0.2) is 122 Å². The van der Waals surface area contributed by atoms with Gasteiger partial charge in [-0.3, -0.25) is 0 Å². The summed E-state index contributed by atoms with van der Waals surface area (Å²) in [5.41, 5.74) is 10.5. The van der Waals surface area contributed by atoms with Crippen molar-refractivity contribution in [3.05, 3.63) is 144 Å². The lowest BCUT2D eigenvalue weighted by Gasteiger charge is -2.43. The Balaban J connectivity index is 0.000000455. The van der Waals surface area contributed by atoms with Crippen LogP contribution in [0.3, 0.4) is 0 Å². The molecule has 83 heavy (non-hydrogen) atoms. The van der Waals surface area contributed by atoms with E-state index in [4.69, 9.17) is 49.1 Å². The molecule has 2 aromatic heterocycles. The fourth-order valence-corrected chi connectivity index (χ4v) is 14.8. The summed E-state index contributed by atoms with van der Waals surface area (Å²) < 4.78 is 33.1. The topological polar surface area (TPSA) is 232 Å². The number of aliphatic hydroxyl groups is 3. The number of alkyl carbamates (subject to hydrolysis) is 1. The molecule has 0 saturated heterocycles. The van der Waals surface area contributed by atoms with Gasteiger partial charge in [0.2, 0.25) is 11.6 Å². The van der Waals surface area contributed by atoms with Gasteiger partial charge >= 0.3 is 18.0 Å². The minimum Gasteiger partial charge on any atom is -0.460 e. The first kappa shape index (κ1) is 69.2. The summed E-state index contributed by atoms with van der Waals surface area (Å²) in [7, 11) is -3.73. The second-order valence-electron chi connectivity index (χ2n) is 23.8. The molecule has 17 nitrogen and oxygen atoms in total. The van der Waals surface area contributed by atoms with E-state index in [-0.39, 0.29) is 66.8 Å². The van der Waals surface area contributed by atoms with E-state index in [0.29, 0.717) is 56.8 Å². The van der Waals surface area contributed by atoms with Gasteiger partial charge in [0.1, 0.15) is 5.60 Å². The fourth-order valence-electron chi connectivity index (χ4n) is 9.19. The number of hydrogen-bond donors (Lipinski definition) is 5. The van der Waals surface area contributed by atoms with Gasteiger partial charge < -0.3 is 58.6 Å². The van der Waals surface area contributed by atoms with Crippen LogP contribution in [0.1, 0.15) is 121 Å². The van der Waals surface area contributed by atoms with Crippen molar-refractivity contribution in [3.8, 4) is 22.5 Å². The van der Waals surface area contributed by atoms with E-state index in [9.17, 15) is 14.4 Å². The molecule has 2 atom stereocenters. The van der Waals surface area contributed by atoms with Crippen molar-refractivity contribution in [1.29, 1.82) is 0 Å². The summed E-state index contributed by atoms with van der Waals surface area (Å²) in [6.07, 6.45) is 5.57. The molecule has 0 fully saturated rings. The van der Waals surface area contributed by atoms with Gasteiger partial charge in [-0.1, -0.05) is 151 Å². The molecule has 0 aliphatic carbocycles. The number of carbonyl (C=O) groups is 3. The number of esters is 2. The monoisotopic (exact) mass is 1180 g/mol. The molecule has 0 radical (unpaired) electrons. The van der Waals surface area contributed by atoms with Gasteiger partial charge in [-0.2, -0.15) is 0 Å². The highest BCUT2D eigenvalue weighted by molar-refractivity contribution is 6.99. The number of rotatable bonds is 25. The molecular formula is C64H94N6O11Si2. The van der Waals surface area contributed by atoms with E-state index >= 15 is 0 Å². The average Bonchev–Trinajstić information content (AvgIpc) is 2.59. The number of nitrogens with zero attached hydrogens (tertiary/aromatic N) is 4. The van der Waals surface area contributed by atoms with Crippen LogP contribution in [0.25, 0.3) is 22.5 Å². The predicted molar refractivity (Wildman–Crippen MR) is 334 cm³/mol. The fraction of sp³-hybridized carbons (Fsp3) is 0.484. The van der Waals surface area contributed by atoms with Crippen LogP contribution in [0.5, 0.6) is 0 Å². The molecule has 1 amide bonds. The van der Waals surface area contributed by atoms with Crippen LogP contribution < -0.4 is 21.4 Å².